The molecule has 0 aliphatic rings. The van der Waals surface area contributed by atoms with Crippen LogP contribution in [0.25, 0.3) is 11.3 Å². The molecule has 3 aromatic rings. The molecule has 0 fully saturated rings. The maximum Gasteiger partial charge on any atom is 0.224 e. The van der Waals surface area contributed by atoms with Gasteiger partial charge in [0.1, 0.15) is 23.1 Å². The molecule has 0 saturated carbocycles. The number of anilines is 1. The number of nitrogens with one attached hydrogen (secondary N) is 1. The van der Waals surface area contributed by atoms with Gasteiger partial charge in [0.25, 0.3) is 0 Å². The van der Waals surface area contributed by atoms with Gasteiger partial charge in [0.15, 0.2) is 11.7 Å². The quantitative estimate of drug-likeness (QED) is 0.532. The van der Waals surface area contributed by atoms with Crippen molar-refractivity contribution in [2.45, 2.75) is 26.7 Å². The van der Waals surface area contributed by atoms with E-state index in [9.17, 15) is 13.6 Å². The first-order valence-corrected chi connectivity index (χ1v) is 9.59. The van der Waals surface area contributed by atoms with Gasteiger partial charge in [0, 0.05) is 25.0 Å². The number of carbonyl (C=O) groups is 1. The van der Waals surface area contributed by atoms with Crippen molar-refractivity contribution in [3.05, 3.63) is 60.1 Å². The molecule has 0 bridgehead atoms. The minimum absolute atomic E-state index is 0.0935. The monoisotopic (exact) mass is 416 g/mol. The third kappa shape index (κ3) is 5.34. The molecular formula is C22H22F2N2O4. The average molecular weight is 416 g/mol. The number of amides is 1. The zero-order valence-electron chi connectivity index (χ0n) is 16.7. The fourth-order valence-electron chi connectivity index (χ4n) is 2.82. The number of carbonyl (C=O) groups excluding carboxylic acids is 1. The van der Waals surface area contributed by atoms with Crippen LogP contribution in [0.2, 0.25) is 0 Å². The molecule has 2 aromatic carbocycles. The summed E-state index contributed by atoms with van der Waals surface area (Å²) in [6, 6.07) is 8.40. The van der Waals surface area contributed by atoms with Crippen molar-refractivity contribution in [2.24, 2.45) is 0 Å². The van der Waals surface area contributed by atoms with E-state index in [1.807, 2.05) is 13.8 Å². The van der Waals surface area contributed by atoms with Gasteiger partial charge >= 0.3 is 0 Å². The van der Waals surface area contributed by atoms with Crippen LogP contribution in [0.4, 0.5) is 14.5 Å². The molecular weight excluding hydrogens is 394 g/mol. The molecule has 1 amide bonds. The lowest BCUT2D eigenvalue weighted by Gasteiger charge is -2.13. The SMILES string of the molecule is CCOc1ccc(OCC)c(NC(=O)CCc2ncc(-c3ccc(F)cc3F)o2)c1. The van der Waals surface area contributed by atoms with Crippen molar-refractivity contribution in [1.82, 2.24) is 4.98 Å². The standard InChI is InChI=1S/C22H22F2N2O4/c1-3-28-15-6-8-19(29-4-2)18(12-15)26-21(27)9-10-22-25-13-20(30-22)16-7-5-14(23)11-17(16)24/h5-8,11-13H,3-4,9-10H2,1-2H3,(H,26,27). The van der Waals surface area contributed by atoms with E-state index in [1.165, 1.54) is 12.3 Å². The highest BCUT2D eigenvalue weighted by Crippen LogP contribution is 2.30. The van der Waals surface area contributed by atoms with Gasteiger partial charge in [-0.25, -0.2) is 13.8 Å². The maximum absolute atomic E-state index is 13.9. The van der Waals surface area contributed by atoms with Gasteiger partial charge in [-0.3, -0.25) is 4.79 Å². The van der Waals surface area contributed by atoms with Crippen molar-refractivity contribution in [3.8, 4) is 22.8 Å². The fraction of sp³-hybridized carbons (Fsp3) is 0.273. The molecule has 30 heavy (non-hydrogen) atoms. The number of oxazole rings is 1. The third-order valence-electron chi connectivity index (χ3n) is 4.15. The Morgan fingerprint density at radius 2 is 1.90 bits per heavy atom. The summed E-state index contributed by atoms with van der Waals surface area (Å²) in [5, 5.41) is 2.80. The molecule has 1 aromatic heterocycles. The summed E-state index contributed by atoms with van der Waals surface area (Å²) < 4.78 is 43.4. The summed E-state index contributed by atoms with van der Waals surface area (Å²) in [6.07, 6.45) is 1.66. The highest BCUT2D eigenvalue weighted by atomic mass is 19.1. The van der Waals surface area contributed by atoms with Gasteiger partial charge in [-0.2, -0.15) is 0 Å². The summed E-state index contributed by atoms with van der Waals surface area (Å²) in [5.74, 6) is -0.0739. The van der Waals surface area contributed by atoms with Crippen LogP contribution in [0, 0.1) is 11.6 Å². The second kappa shape index (κ2) is 9.87. The van der Waals surface area contributed by atoms with Crippen molar-refractivity contribution >= 4 is 11.6 Å². The van der Waals surface area contributed by atoms with E-state index in [0.717, 1.165) is 12.1 Å². The third-order valence-corrected chi connectivity index (χ3v) is 4.15. The first-order valence-electron chi connectivity index (χ1n) is 9.59. The number of hydrogen-bond acceptors (Lipinski definition) is 5. The zero-order chi connectivity index (χ0) is 21.5. The van der Waals surface area contributed by atoms with Gasteiger partial charge < -0.3 is 19.2 Å². The zero-order valence-corrected chi connectivity index (χ0v) is 16.7. The minimum Gasteiger partial charge on any atom is -0.494 e. The smallest absolute Gasteiger partial charge is 0.224 e. The Kier molecular flexibility index (Phi) is 7.00. The molecule has 0 spiro atoms. The van der Waals surface area contributed by atoms with Crippen molar-refractivity contribution in [1.29, 1.82) is 0 Å². The molecule has 0 unspecified atom stereocenters. The van der Waals surface area contributed by atoms with E-state index in [1.54, 1.807) is 18.2 Å². The van der Waals surface area contributed by atoms with Crippen LogP contribution in [0.15, 0.2) is 47.0 Å². The Morgan fingerprint density at radius 1 is 1.10 bits per heavy atom. The van der Waals surface area contributed by atoms with Gasteiger partial charge in [-0.1, -0.05) is 0 Å². The number of benzene rings is 2. The number of ether oxygens (including phenoxy) is 2. The number of aromatic nitrogens is 1. The number of halogens is 2. The van der Waals surface area contributed by atoms with Crippen molar-refractivity contribution < 1.29 is 27.5 Å². The highest BCUT2D eigenvalue weighted by molar-refractivity contribution is 5.92. The Bertz CT molecular complexity index is 1020. The fourth-order valence-corrected chi connectivity index (χ4v) is 2.82. The number of aryl methyl sites for hydroxylation is 1. The second-order valence-corrected chi connectivity index (χ2v) is 6.31. The number of hydrogen-bond donors (Lipinski definition) is 1. The number of rotatable bonds is 9. The molecule has 0 aliphatic heterocycles. The predicted octanol–water partition coefficient (Wildman–Crippen LogP) is 4.99. The number of nitrogens with zero attached hydrogens (tertiary/aromatic N) is 1. The molecule has 158 valence electrons. The van der Waals surface area contributed by atoms with E-state index in [4.69, 9.17) is 13.9 Å². The predicted molar refractivity (Wildman–Crippen MR) is 108 cm³/mol. The first-order chi connectivity index (χ1) is 14.5. The molecule has 0 radical (unpaired) electrons. The molecule has 1 N–H and O–H groups in total. The maximum atomic E-state index is 13.9. The molecule has 3 rings (SSSR count). The highest BCUT2D eigenvalue weighted by Gasteiger charge is 2.14. The van der Waals surface area contributed by atoms with Crippen molar-refractivity contribution in [2.75, 3.05) is 18.5 Å². The Balaban J connectivity index is 1.64. The topological polar surface area (TPSA) is 73.6 Å². The summed E-state index contributed by atoms with van der Waals surface area (Å²) in [5.41, 5.74) is 0.614. The van der Waals surface area contributed by atoms with E-state index >= 15 is 0 Å². The lowest BCUT2D eigenvalue weighted by molar-refractivity contribution is -0.116. The average Bonchev–Trinajstić information content (AvgIpc) is 3.17. The summed E-state index contributed by atoms with van der Waals surface area (Å²) in [4.78, 5) is 16.5. The van der Waals surface area contributed by atoms with Gasteiger partial charge in [-0.05, 0) is 38.1 Å². The van der Waals surface area contributed by atoms with Crippen LogP contribution < -0.4 is 14.8 Å². The van der Waals surface area contributed by atoms with Gasteiger partial charge in [0.2, 0.25) is 5.91 Å². The first kappa shape index (κ1) is 21.3. The Morgan fingerprint density at radius 3 is 2.63 bits per heavy atom. The molecule has 6 nitrogen and oxygen atoms in total. The van der Waals surface area contributed by atoms with E-state index in [0.29, 0.717) is 30.4 Å². The van der Waals surface area contributed by atoms with Crippen LogP contribution in [-0.2, 0) is 11.2 Å². The molecule has 0 saturated heterocycles. The Hall–Kier alpha value is -3.42. The summed E-state index contributed by atoms with van der Waals surface area (Å²) in [6.45, 7) is 4.68. The normalized spacial score (nSPS) is 10.7. The van der Waals surface area contributed by atoms with E-state index < -0.39 is 11.6 Å². The minimum atomic E-state index is -0.743. The van der Waals surface area contributed by atoms with Gasteiger partial charge in [0.05, 0.1) is 30.7 Å². The summed E-state index contributed by atoms with van der Waals surface area (Å²) >= 11 is 0. The molecule has 8 heteroatoms. The molecule has 0 atom stereocenters. The Labute approximate surface area is 172 Å². The van der Waals surface area contributed by atoms with E-state index in [-0.39, 0.29) is 36.0 Å². The van der Waals surface area contributed by atoms with Crippen LogP contribution in [0.5, 0.6) is 11.5 Å². The second-order valence-electron chi connectivity index (χ2n) is 6.31. The van der Waals surface area contributed by atoms with Crippen LogP contribution >= 0.6 is 0 Å². The van der Waals surface area contributed by atoms with Gasteiger partial charge in [-0.15, -0.1) is 0 Å². The van der Waals surface area contributed by atoms with Crippen molar-refractivity contribution in [3.63, 3.8) is 0 Å². The lowest BCUT2D eigenvalue weighted by atomic mass is 10.2. The summed E-state index contributed by atoms with van der Waals surface area (Å²) in [7, 11) is 0. The van der Waals surface area contributed by atoms with Crippen LogP contribution in [0.3, 0.4) is 0 Å². The molecule has 0 aliphatic carbocycles. The molecule has 1 heterocycles. The van der Waals surface area contributed by atoms with E-state index in [2.05, 4.69) is 10.3 Å². The van der Waals surface area contributed by atoms with Crippen LogP contribution in [0.1, 0.15) is 26.2 Å². The van der Waals surface area contributed by atoms with Crippen LogP contribution in [-0.4, -0.2) is 24.1 Å². The lowest BCUT2D eigenvalue weighted by Crippen LogP contribution is -2.13. The largest absolute Gasteiger partial charge is 0.494 e.